The summed E-state index contributed by atoms with van der Waals surface area (Å²) in [6.07, 6.45) is 0. The summed E-state index contributed by atoms with van der Waals surface area (Å²) in [4.78, 5) is 25.9. The Bertz CT molecular complexity index is 569. The van der Waals surface area contributed by atoms with Crippen LogP contribution in [-0.4, -0.2) is 28.3 Å². The van der Waals surface area contributed by atoms with Crippen LogP contribution in [0.1, 0.15) is 31.9 Å². The molecule has 1 aliphatic heterocycles. The summed E-state index contributed by atoms with van der Waals surface area (Å²) in [5.41, 5.74) is 0.691. The summed E-state index contributed by atoms with van der Waals surface area (Å²) in [6.45, 7) is 7.12. The molecule has 0 bridgehead atoms. The minimum atomic E-state index is -0.926. The maximum atomic E-state index is 13.3. The molecule has 1 aromatic rings. The van der Waals surface area contributed by atoms with E-state index in [2.05, 4.69) is 5.32 Å². The number of hydrogen-bond donors (Lipinski definition) is 1. The number of carbonyl (C=O) groups excluding carboxylic acids is 2. The second kappa shape index (κ2) is 4.89. The van der Waals surface area contributed by atoms with E-state index in [9.17, 15) is 14.0 Å². The first-order valence-electron chi connectivity index (χ1n) is 6.60. The highest BCUT2D eigenvalue weighted by atomic mass is 19.1. The Labute approximate surface area is 118 Å². The largest absolute Gasteiger partial charge is 0.340 e. The molecule has 0 saturated carbocycles. The number of hydrogen-bond acceptors (Lipinski definition) is 2. The van der Waals surface area contributed by atoms with Crippen molar-refractivity contribution in [2.45, 2.75) is 45.8 Å². The van der Waals surface area contributed by atoms with Gasteiger partial charge in [-0.3, -0.25) is 9.59 Å². The maximum absolute atomic E-state index is 13.3. The molecule has 5 heteroatoms. The zero-order valence-corrected chi connectivity index (χ0v) is 12.2. The van der Waals surface area contributed by atoms with Crippen LogP contribution in [0.3, 0.4) is 0 Å². The van der Waals surface area contributed by atoms with Crippen molar-refractivity contribution in [1.82, 2.24) is 10.2 Å². The van der Waals surface area contributed by atoms with Gasteiger partial charge in [0.1, 0.15) is 17.4 Å². The monoisotopic (exact) mass is 278 g/mol. The van der Waals surface area contributed by atoms with Crippen molar-refractivity contribution in [1.29, 1.82) is 0 Å². The summed E-state index contributed by atoms with van der Waals surface area (Å²) in [5, 5.41) is 2.69. The Morgan fingerprint density at radius 3 is 2.65 bits per heavy atom. The number of benzene rings is 1. The van der Waals surface area contributed by atoms with Crippen LogP contribution in [-0.2, 0) is 16.1 Å². The average molecular weight is 278 g/mol. The molecule has 20 heavy (non-hydrogen) atoms. The predicted octanol–water partition coefficient (Wildman–Crippen LogP) is 1.76. The normalized spacial score (nSPS) is 21.9. The molecule has 1 aromatic carbocycles. The Kier molecular flexibility index (Phi) is 3.54. The summed E-state index contributed by atoms with van der Waals surface area (Å²) in [5.74, 6) is -0.691. The van der Waals surface area contributed by atoms with Crippen LogP contribution < -0.4 is 5.32 Å². The summed E-state index contributed by atoms with van der Waals surface area (Å²) in [7, 11) is 0. The van der Waals surface area contributed by atoms with Crippen molar-refractivity contribution < 1.29 is 14.0 Å². The summed E-state index contributed by atoms with van der Waals surface area (Å²) >= 11 is 0. The fourth-order valence-electron chi connectivity index (χ4n) is 2.34. The van der Waals surface area contributed by atoms with Crippen LogP contribution >= 0.6 is 0 Å². The molecular formula is C15H19FN2O2. The minimum Gasteiger partial charge on any atom is -0.340 e. The molecule has 108 valence electrons. The Morgan fingerprint density at radius 2 is 2.00 bits per heavy atom. The van der Waals surface area contributed by atoms with Crippen LogP contribution in [0, 0.1) is 12.7 Å². The highest BCUT2D eigenvalue weighted by Crippen LogP contribution is 2.22. The van der Waals surface area contributed by atoms with Crippen molar-refractivity contribution in [3.63, 3.8) is 0 Å². The number of rotatable bonds is 2. The van der Waals surface area contributed by atoms with E-state index in [1.807, 2.05) is 6.92 Å². The quantitative estimate of drug-likeness (QED) is 0.896. The molecule has 1 atom stereocenters. The van der Waals surface area contributed by atoms with E-state index < -0.39 is 11.6 Å². The van der Waals surface area contributed by atoms with Gasteiger partial charge >= 0.3 is 0 Å². The second-order valence-electron chi connectivity index (χ2n) is 5.79. The first-order chi connectivity index (χ1) is 9.22. The van der Waals surface area contributed by atoms with Gasteiger partial charge < -0.3 is 10.2 Å². The lowest BCUT2D eigenvalue weighted by atomic mass is 9.96. The van der Waals surface area contributed by atoms with Gasteiger partial charge in [0.15, 0.2) is 0 Å². The third-order valence-corrected chi connectivity index (χ3v) is 3.73. The third kappa shape index (κ3) is 2.53. The van der Waals surface area contributed by atoms with E-state index in [4.69, 9.17) is 0 Å². The van der Waals surface area contributed by atoms with E-state index in [0.717, 1.165) is 11.1 Å². The van der Waals surface area contributed by atoms with Crippen molar-refractivity contribution in [2.75, 3.05) is 0 Å². The molecule has 1 fully saturated rings. The number of nitrogens with one attached hydrogen (secondary N) is 1. The smallest absolute Gasteiger partial charge is 0.248 e. The van der Waals surface area contributed by atoms with Crippen LogP contribution in [0.5, 0.6) is 0 Å². The van der Waals surface area contributed by atoms with E-state index in [-0.39, 0.29) is 24.2 Å². The molecule has 1 aliphatic rings. The SMILES string of the molecule is Cc1ccc(F)cc1CN1C(=O)C(C)(C)NC(=O)C1C. The highest BCUT2D eigenvalue weighted by molar-refractivity contribution is 5.99. The van der Waals surface area contributed by atoms with Gasteiger partial charge in [-0.15, -0.1) is 0 Å². The van der Waals surface area contributed by atoms with Crippen LogP contribution in [0.15, 0.2) is 18.2 Å². The van der Waals surface area contributed by atoms with Gasteiger partial charge in [0.05, 0.1) is 0 Å². The number of piperazine rings is 1. The van der Waals surface area contributed by atoms with E-state index in [0.29, 0.717) is 0 Å². The number of amides is 2. The molecule has 2 amide bonds. The lowest BCUT2D eigenvalue weighted by Gasteiger charge is -2.41. The maximum Gasteiger partial charge on any atom is 0.248 e. The van der Waals surface area contributed by atoms with Gasteiger partial charge in [-0.05, 0) is 51.0 Å². The number of halogens is 1. The molecule has 0 aliphatic carbocycles. The van der Waals surface area contributed by atoms with Crippen molar-refractivity contribution in [3.05, 3.63) is 35.1 Å². The third-order valence-electron chi connectivity index (χ3n) is 3.73. The molecule has 1 N–H and O–H groups in total. The zero-order chi connectivity index (χ0) is 15.1. The number of nitrogens with zero attached hydrogens (tertiary/aromatic N) is 1. The minimum absolute atomic E-state index is 0.159. The molecule has 0 spiro atoms. The number of carbonyl (C=O) groups is 2. The molecule has 1 saturated heterocycles. The van der Waals surface area contributed by atoms with Crippen LogP contribution in [0.2, 0.25) is 0 Å². The van der Waals surface area contributed by atoms with Crippen molar-refractivity contribution in [3.8, 4) is 0 Å². The molecule has 0 aromatic heterocycles. The number of aryl methyl sites for hydroxylation is 1. The Hall–Kier alpha value is -1.91. The van der Waals surface area contributed by atoms with E-state index in [1.54, 1.807) is 26.8 Å². The standard InChI is InChI=1S/C15H19FN2O2/c1-9-5-6-12(16)7-11(9)8-18-10(2)13(19)17-15(3,4)14(18)20/h5-7,10H,8H2,1-4H3,(H,17,19). The average Bonchev–Trinajstić information content (AvgIpc) is 2.36. The zero-order valence-electron chi connectivity index (χ0n) is 12.2. The highest BCUT2D eigenvalue weighted by Gasteiger charge is 2.43. The fraction of sp³-hybridized carbons (Fsp3) is 0.467. The molecule has 1 unspecified atom stereocenters. The molecule has 0 radical (unpaired) electrons. The molecule has 1 heterocycles. The molecular weight excluding hydrogens is 259 g/mol. The van der Waals surface area contributed by atoms with Crippen LogP contribution in [0.25, 0.3) is 0 Å². The Balaban J connectivity index is 2.32. The Morgan fingerprint density at radius 1 is 1.35 bits per heavy atom. The van der Waals surface area contributed by atoms with E-state index in [1.165, 1.54) is 17.0 Å². The second-order valence-corrected chi connectivity index (χ2v) is 5.79. The van der Waals surface area contributed by atoms with Gasteiger partial charge in [-0.25, -0.2) is 4.39 Å². The van der Waals surface area contributed by atoms with Crippen LogP contribution in [0.4, 0.5) is 4.39 Å². The molecule has 4 nitrogen and oxygen atoms in total. The van der Waals surface area contributed by atoms with Crippen molar-refractivity contribution >= 4 is 11.8 Å². The summed E-state index contributed by atoms with van der Waals surface area (Å²) < 4.78 is 13.3. The lowest BCUT2D eigenvalue weighted by molar-refractivity contribution is -0.153. The predicted molar refractivity (Wildman–Crippen MR) is 73.4 cm³/mol. The van der Waals surface area contributed by atoms with E-state index >= 15 is 0 Å². The van der Waals surface area contributed by atoms with Crippen molar-refractivity contribution in [2.24, 2.45) is 0 Å². The fourth-order valence-corrected chi connectivity index (χ4v) is 2.34. The summed E-state index contributed by atoms with van der Waals surface area (Å²) in [6, 6.07) is 3.92. The van der Waals surface area contributed by atoms with Gasteiger partial charge in [-0.1, -0.05) is 6.07 Å². The first kappa shape index (κ1) is 14.5. The van der Waals surface area contributed by atoms with Gasteiger partial charge in [-0.2, -0.15) is 0 Å². The lowest BCUT2D eigenvalue weighted by Crippen LogP contribution is -2.67. The first-order valence-corrected chi connectivity index (χ1v) is 6.60. The topological polar surface area (TPSA) is 49.4 Å². The molecule has 2 rings (SSSR count). The van der Waals surface area contributed by atoms with Gasteiger partial charge in [0.2, 0.25) is 11.8 Å². The van der Waals surface area contributed by atoms with Gasteiger partial charge in [0.25, 0.3) is 0 Å². The van der Waals surface area contributed by atoms with Gasteiger partial charge in [0, 0.05) is 6.54 Å².